The fourth-order valence-corrected chi connectivity index (χ4v) is 4.29. The van der Waals surface area contributed by atoms with Crippen molar-refractivity contribution in [3.05, 3.63) is 86.8 Å². The van der Waals surface area contributed by atoms with Crippen LogP contribution in [0.1, 0.15) is 34.5 Å². The Bertz CT molecular complexity index is 1730. The number of rotatable bonds is 7. The lowest BCUT2D eigenvalue weighted by Crippen LogP contribution is -2.36. The van der Waals surface area contributed by atoms with E-state index in [1.165, 1.54) is 18.2 Å². The summed E-state index contributed by atoms with van der Waals surface area (Å²) in [6.07, 6.45) is -8.84. The highest BCUT2D eigenvalue weighted by Gasteiger charge is 2.64. The lowest BCUT2D eigenvalue weighted by Gasteiger charge is -2.19. The van der Waals surface area contributed by atoms with Crippen LogP contribution in [0.5, 0.6) is 0 Å². The summed E-state index contributed by atoms with van der Waals surface area (Å²) in [7, 11) is 0. The molecule has 18 heteroatoms. The van der Waals surface area contributed by atoms with Gasteiger partial charge >= 0.3 is 18.3 Å². The maximum Gasteiger partial charge on any atom is 0.459 e. The Morgan fingerprint density at radius 1 is 1.00 bits per heavy atom. The molecule has 4 aromatic rings. The second-order valence-electron chi connectivity index (χ2n) is 9.42. The lowest BCUT2D eigenvalue weighted by molar-refractivity contribution is -0.384. The van der Waals surface area contributed by atoms with Crippen LogP contribution in [0.2, 0.25) is 5.02 Å². The highest BCUT2D eigenvalue weighted by molar-refractivity contribution is 6.34. The Morgan fingerprint density at radius 3 is 2.21 bits per heavy atom. The number of hydrogen-bond acceptors (Lipinski definition) is 5. The second-order valence-corrected chi connectivity index (χ2v) is 9.83. The van der Waals surface area contributed by atoms with Crippen LogP contribution in [0.25, 0.3) is 22.6 Å². The molecule has 1 fully saturated rings. The molecule has 1 aliphatic rings. The number of nitrogens with zero attached hydrogens (tertiary/aromatic N) is 5. The van der Waals surface area contributed by atoms with Gasteiger partial charge in [0.25, 0.3) is 11.6 Å². The maximum atomic E-state index is 14.5. The zero-order valence-electron chi connectivity index (χ0n) is 21.1. The van der Waals surface area contributed by atoms with Gasteiger partial charge in [-0.3, -0.25) is 14.9 Å². The molecule has 0 bridgehead atoms. The van der Waals surface area contributed by atoms with Gasteiger partial charge in [-0.15, -0.1) is 0 Å². The van der Waals surface area contributed by atoms with Gasteiger partial charge in [-0.2, -0.15) is 45.3 Å². The number of aromatic nitrogens is 4. The molecule has 0 atom stereocenters. The molecule has 5 rings (SSSR count). The molecule has 0 aliphatic heterocycles. The minimum atomic E-state index is -6.46. The monoisotopic (exact) mass is 634 g/mol. The molecule has 0 spiro atoms. The molecule has 1 saturated carbocycles. The van der Waals surface area contributed by atoms with Crippen LogP contribution in [0.4, 0.5) is 40.8 Å². The van der Waals surface area contributed by atoms with Crippen molar-refractivity contribution < 1.29 is 44.8 Å². The Hall–Kier alpha value is -4.54. The van der Waals surface area contributed by atoms with E-state index in [1.54, 1.807) is 0 Å². The highest BCUT2D eigenvalue weighted by atomic mass is 35.5. The molecule has 43 heavy (non-hydrogen) atoms. The summed E-state index contributed by atoms with van der Waals surface area (Å²) in [5.41, 5.74) is -5.89. The van der Waals surface area contributed by atoms with Crippen LogP contribution in [0.15, 0.2) is 54.9 Å². The Labute approximate surface area is 239 Å². The third kappa shape index (κ3) is 5.63. The molecule has 1 N–H and O–H groups in total. The standard InChI is InChI=1S/C25H15ClF8N6O3/c26-18-8-1-12(9-17(18)21(41)36-14-2-3-14)13-10-35-38(11-13)22-19(24(29,30)31)20(23(27,28)25(32,33)34)37-39(22)15-4-6-16(7-5-15)40(42)43/h1,4-11,14H,2-3H2,(H,36,41). The fourth-order valence-electron chi connectivity index (χ4n) is 4.09. The van der Waals surface area contributed by atoms with Crippen LogP contribution < -0.4 is 5.32 Å². The normalized spacial score (nSPS) is 14.2. The molecule has 2 aromatic carbocycles. The summed E-state index contributed by atoms with van der Waals surface area (Å²) in [5, 5.41) is 20.6. The maximum absolute atomic E-state index is 14.5. The average molecular weight is 635 g/mol. The van der Waals surface area contributed by atoms with E-state index in [-0.39, 0.29) is 32.4 Å². The zero-order chi connectivity index (χ0) is 31.5. The van der Waals surface area contributed by atoms with E-state index in [2.05, 4.69) is 15.5 Å². The molecule has 2 heterocycles. The largest absolute Gasteiger partial charge is 0.459 e. The number of benzene rings is 2. The first kappa shape index (κ1) is 29.9. The van der Waals surface area contributed by atoms with E-state index in [9.17, 15) is 50.0 Å². The quantitative estimate of drug-likeness (QED) is 0.136. The first-order valence-electron chi connectivity index (χ1n) is 12.0. The van der Waals surface area contributed by atoms with E-state index >= 15 is 0 Å². The Kier molecular flexibility index (Phi) is 7.19. The van der Waals surface area contributed by atoms with Crippen molar-refractivity contribution >= 4 is 23.2 Å². The zero-order valence-corrected chi connectivity index (χ0v) is 21.8. The number of alkyl halides is 8. The third-order valence-corrected chi connectivity index (χ3v) is 6.69. The van der Waals surface area contributed by atoms with E-state index in [1.807, 2.05) is 0 Å². The molecular formula is C25H15ClF8N6O3. The molecule has 226 valence electrons. The SMILES string of the molecule is O=C(NC1CC1)c1cc(-c2cnn(-c3c(C(F)(F)F)c(C(F)(F)C(F)(F)F)nn3-c3ccc([N+](=O)[O-])cc3)c2)ccc1Cl. The minimum absolute atomic E-state index is 0.0258. The van der Waals surface area contributed by atoms with Crippen molar-refractivity contribution in [3.63, 3.8) is 0 Å². The molecular weight excluding hydrogens is 620 g/mol. The second kappa shape index (κ2) is 10.3. The molecule has 0 saturated heterocycles. The molecule has 0 radical (unpaired) electrons. The van der Waals surface area contributed by atoms with Crippen molar-refractivity contribution in [2.75, 3.05) is 0 Å². The summed E-state index contributed by atoms with van der Waals surface area (Å²) in [6.45, 7) is 0. The number of nitro benzene ring substituents is 1. The number of nitrogens with one attached hydrogen (secondary N) is 1. The number of hydrogen-bond donors (Lipinski definition) is 1. The average Bonchev–Trinajstić information content (AvgIpc) is 3.42. The van der Waals surface area contributed by atoms with Crippen molar-refractivity contribution in [1.82, 2.24) is 24.9 Å². The van der Waals surface area contributed by atoms with Gasteiger partial charge in [0.2, 0.25) is 0 Å². The van der Waals surface area contributed by atoms with Gasteiger partial charge < -0.3 is 5.32 Å². The third-order valence-electron chi connectivity index (χ3n) is 6.36. The number of amides is 1. The molecule has 0 unspecified atom stereocenters. The predicted octanol–water partition coefficient (Wildman–Crippen LogP) is 6.85. The van der Waals surface area contributed by atoms with Gasteiger partial charge in [-0.05, 0) is 42.7 Å². The summed E-state index contributed by atoms with van der Waals surface area (Å²) in [5.74, 6) is -7.93. The van der Waals surface area contributed by atoms with Crippen LogP contribution in [0.3, 0.4) is 0 Å². The number of non-ortho nitro benzene ring substituents is 1. The Balaban J connectivity index is 1.70. The smallest absolute Gasteiger partial charge is 0.349 e. The van der Waals surface area contributed by atoms with Crippen LogP contribution in [-0.4, -0.2) is 42.6 Å². The number of halogens is 9. The van der Waals surface area contributed by atoms with Crippen LogP contribution >= 0.6 is 11.6 Å². The number of carbonyl (C=O) groups excluding carboxylic acids is 1. The number of nitro groups is 1. The molecule has 2 aromatic heterocycles. The van der Waals surface area contributed by atoms with Crippen LogP contribution in [0, 0.1) is 10.1 Å². The van der Waals surface area contributed by atoms with E-state index < -0.39 is 57.6 Å². The lowest BCUT2D eigenvalue weighted by atomic mass is 10.1. The van der Waals surface area contributed by atoms with Crippen LogP contribution in [-0.2, 0) is 12.1 Å². The van der Waals surface area contributed by atoms with E-state index in [0.717, 1.165) is 49.5 Å². The van der Waals surface area contributed by atoms with Gasteiger partial charge in [0.15, 0.2) is 11.5 Å². The van der Waals surface area contributed by atoms with Crippen molar-refractivity contribution in [3.8, 4) is 22.6 Å². The first-order valence-corrected chi connectivity index (χ1v) is 12.4. The Morgan fingerprint density at radius 2 is 1.65 bits per heavy atom. The molecule has 1 aliphatic carbocycles. The van der Waals surface area contributed by atoms with Crippen molar-refractivity contribution in [1.29, 1.82) is 0 Å². The van der Waals surface area contributed by atoms with Gasteiger partial charge in [-0.25, -0.2) is 9.36 Å². The first-order chi connectivity index (χ1) is 20.0. The summed E-state index contributed by atoms with van der Waals surface area (Å²) in [4.78, 5) is 22.7. The molecule has 1 amide bonds. The van der Waals surface area contributed by atoms with Gasteiger partial charge in [-0.1, -0.05) is 17.7 Å². The van der Waals surface area contributed by atoms with E-state index in [4.69, 9.17) is 11.6 Å². The summed E-state index contributed by atoms with van der Waals surface area (Å²) < 4.78 is 112. The van der Waals surface area contributed by atoms with Gasteiger partial charge in [0.1, 0.15) is 5.56 Å². The fraction of sp³-hybridized carbons (Fsp3) is 0.240. The summed E-state index contributed by atoms with van der Waals surface area (Å²) >= 11 is 6.13. The minimum Gasteiger partial charge on any atom is -0.349 e. The van der Waals surface area contributed by atoms with Crippen molar-refractivity contribution in [2.45, 2.75) is 37.2 Å². The highest BCUT2D eigenvalue weighted by Crippen LogP contribution is 2.49. The topological polar surface area (TPSA) is 108 Å². The van der Waals surface area contributed by atoms with Gasteiger partial charge in [0, 0.05) is 29.9 Å². The summed E-state index contributed by atoms with van der Waals surface area (Å²) in [6, 6.07) is 7.23. The number of carbonyl (C=O) groups is 1. The predicted molar refractivity (Wildman–Crippen MR) is 133 cm³/mol. The van der Waals surface area contributed by atoms with E-state index in [0.29, 0.717) is 4.68 Å². The molecule has 9 nitrogen and oxygen atoms in total. The van der Waals surface area contributed by atoms with Crippen molar-refractivity contribution in [2.24, 2.45) is 0 Å². The van der Waals surface area contributed by atoms with Gasteiger partial charge in [0.05, 0.1) is 27.4 Å².